The minimum absolute atomic E-state index is 0.827. The first-order chi connectivity index (χ1) is 6.34. The van der Waals surface area contributed by atoms with Gasteiger partial charge in [-0.1, -0.05) is 35.1 Å². The molecule has 1 heterocycles. The molecule has 0 bridgehead atoms. The quantitative estimate of drug-likeness (QED) is 0.669. The van der Waals surface area contributed by atoms with Crippen molar-refractivity contribution in [2.24, 2.45) is 0 Å². The maximum Gasteiger partial charge on any atom is 0.139 e. The second kappa shape index (κ2) is 3.66. The van der Waals surface area contributed by atoms with E-state index in [4.69, 9.17) is 16.7 Å². The zero-order valence-electron chi connectivity index (χ0n) is 6.99. The van der Waals surface area contributed by atoms with Gasteiger partial charge in [0.25, 0.3) is 0 Å². The van der Waals surface area contributed by atoms with Gasteiger partial charge < -0.3 is 4.52 Å². The van der Waals surface area contributed by atoms with Crippen molar-refractivity contribution in [2.75, 3.05) is 0 Å². The maximum atomic E-state index is 5.10. The average Bonchev–Trinajstić information content (AvgIpc) is 2.57. The van der Waals surface area contributed by atoms with Gasteiger partial charge in [0, 0.05) is 16.8 Å². The third-order valence-electron chi connectivity index (χ3n) is 1.87. The molecule has 0 atom stereocenters. The number of aromatic nitrogens is 1. The van der Waals surface area contributed by atoms with E-state index in [1.54, 1.807) is 6.26 Å². The van der Waals surface area contributed by atoms with Gasteiger partial charge in [-0.2, -0.15) is 0 Å². The SMILES string of the molecule is S=C1C=CC=C(Cc2[c]noc2)C1. The number of hydrogen-bond acceptors (Lipinski definition) is 3. The first kappa shape index (κ1) is 8.38. The van der Waals surface area contributed by atoms with E-state index < -0.39 is 0 Å². The molecule has 1 aromatic heterocycles. The van der Waals surface area contributed by atoms with Gasteiger partial charge in [0.15, 0.2) is 0 Å². The van der Waals surface area contributed by atoms with Crippen molar-refractivity contribution >= 4 is 17.1 Å². The van der Waals surface area contributed by atoms with Crippen LogP contribution >= 0.6 is 12.2 Å². The Morgan fingerprint density at radius 2 is 2.54 bits per heavy atom. The van der Waals surface area contributed by atoms with E-state index in [0.717, 1.165) is 23.3 Å². The molecule has 1 aliphatic rings. The van der Waals surface area contributed by atoms with Gasteiger partial charge in [-0.15, -0.1) is 0 Å². The second-order valence-corrected chi connectivity index (χ2v) is 3.48. The Hall–Kier alpha value is -1.22. The highest BCUT2D eigenvalue weighted by molar-refractivity contribution is 7.80. The van der Waals surface area contributed by atoms with E-state index in [2.05, 4.69) is 17.4 Å². The van der Waals surface area contributed by atoms with E-state index in [1.165, 1.54) is 5.57 Å². The Bertz CT molecular complexity index is 362. The fourth-order valence-corrected chi connectivity index (χ4v) is 1.55. The zero-order chi connectivity index (χ0) is 9.10. The number of allylic oxidation sites excluding steroid dienone is 4. The summed E-state index contributed by atoms with van der Waals surface area (Å²) < 4.78 is 4.70. The zero-order valence-corrected chi connectivity index (χ0v) is 7.80. The molecule has 13 heavy (non-hydrogen) atoms. The Labute approximate surface area is 81.9 Å². The fourth-order valence-electron chi connectivity index (χ4n) is 1.28. The first-order valence-corrected chi connectivity index (χ1v) is 4.45. The van der Waals surface area contributed by atoms with E-state index >= 15 is 0 Å². The number of hydrogen-bond donors (Lipinski definition) is 0. The van der Waals surface area contributed by atoms with Crippen molar-refractivity contribution in [3.05, 3.63) is 41.8 Å². The molecule has 0 amide bonds. The standard InChI is InChI=1S/C10H8NOS/c13-10-3-1-2-8(5-10)4-9-6-11-12-7-9/h1-3,7H,4-5H2. The summed E-state index contributed by atoms with van der Waals surface area (Å²) in [4.78, 5) is 0.981. The topological polar surface area (TPSA) is 26.0 Å². The van der Waals surface area contributed by atoms with Crippen LogP contribution in [-0.2, 0) is 6.42 Å². The molecule has 0 aromatic carbocycles. The molecule has 0 saturated heterocycles. The molecule has 65 valence electrons. The number of thiocarbonyl (C=S) groups is 1. The van der Waals surface area contributed by atoms with Gasteiger partial charge in [0.2, 0.25) is 0 Å². The minimum Gasteiger partial charge on any atom is -0.364 e. The van der Waals surface area contributed by atoms with Gasteiger partial charge in [-0.3, -0.25) is 0 Å². The predicted octanol–water partition coefficient (Wildman–Crippen LogP) is 2.27. The van der Waals surface area contributed by atoms with E-state index in [0.29, 0.717) is 0 Å². The van der Waals surface area contributed by atoms with Crippen molar-refractivity contribution in [2.45, 2.75) is 12.8 Å². The molecule has 0 aliphatic heterocycles. The molecule has 2 nitrogen and oxygen atoms in total. The smallest absolute Gasteiger partial charge is 0.139 e. The summed E-state index contributed by atoms with van der Waals surface area (Å²) in [6.07, 6.45) is 12.1. The van der Waals surface area contributed by atoms with Crippen molar-refractivity contribution < 1.29 is 4.52 Å². The Morgan fingerprint density at radius 3 is 3.23 bits per heavy atom. The average molecular weight is 190 g/mol. The van der Waals surface area contributed by atoms with Crippen LogP contribution in [0.5, 0.6) is 0 Å². The van der Waals surface area contributed by atoms with Crippen LogP contribution in [0.25, 0.3) is 0 Å². The molecule has 1 aliphatic carbocycles. The third kappa shape index (κ3) is 2.12. The van der Waals surface area contributed by atoms with Crippen LogP contribution in [0.1, 0.15) is 12.0 Å². The lowest BCUT2D eigenvalue weighted by Crippen LogP contribution is -1.99. The van der Waals surface area contributed by atoms with Crippen molar-refractivity contribution in [1.82, 2.24) is 5.16 Å². The highest BCUT2D eigenvalue weighted by atomic mass is 32.1. The normalized spacial score (nSPS) is 16.0. The number of nitrogens with zero attached hydrogens (tertiary/aromatic N) is 1. The highest BCUT2D eigenvalue weighted by Crippen LogP contribution is 2.15. The molecular weight excluding hydrogens is 182 g/mol. The lowest BCUT2D eigenvalue weighted by atomic mass is 9.99. The summed E-state index contributed by atoms with van der Waals surface area (Å²) >= 11 is 5.10. The summed E-state index contributed by atoms with van der Waals surface area (Å²) in [5.41, 5.74) is 2.26. The minimum atomic E-state index is 0.827. The van der Waals surface area contributed by atoms with Crippen LogP contribution in [0.15, 0.2) is 34.6 Å². The molecule has 1 aromatic rings. The summed E-state index contributed by atoms with van der Waals surface area (Å²) in [5, 5.41) is 3.53. The monoisotopic (exact) mass is 190 g/mol. The van der Waals surface area contributed by atoms with Crippen LogP contribution in [0.3, 0.4) is 0 Å². The van der Waals surface area contributed by atoms with Crippen LogP contribution in [0, 0.1) is 6.20 Å². The molecule has 0 spiro atoms. The summed E-state index contributed by atoms with van der Waals surface area (Å²) in [5.74, 6) is 0. The molecule has 2 rings (SSSR count). The lowest BCUT2D eigenvalue weighted by molar-refractivity contribution is 0.417. The van der Waals surface area contributed by atoms with Gasteiger partial charge in [-0.05, 0) is 12.5 Å². The fraction of sp³-hybridized carbons (Fsp3) is 0.200. The van der Waals surface area contributed by atoms with Gasteiger partial charge in [-0.25, -0.2) is 0 Å². The lowest BCUT2D eigenvalue weighted by Gasteiger charge is -2.07. The van der Waals surface area contributed by atoms with Crippen molar-refractivity contribution in [1.29, 1.82) is 0 Å². The Balaban J connectivity index is 2.07. The van der Waals surface area contributed by atoms with Gasteiger partial charge >= 0.3 is 0 Å². The molecule has 0 fully saturated rings. The maximum absolute atomic E-state index is 5.10. The molecular formula is C10H8NOS. The summed E-state index contributed by atoms with van der Waals surface area (Å²) in [6.45, 7) is 0. The molecule has 0 N–H and O–H groups in total. The molecule has 0 saturated carbocycles. The molecule has 3 heteroatoms. The van der Waals surface area contributed by atoms with Crippen LogP contribution in [-0.4, -0.2) is 10.0 Å². The van der Waals surface area contributed by atoms with Gasteiger partial charge in [0.1, 0.15) is 12.5 Å². The Morgan fingerprint density at radius 1 is 1.62 bits per heavy atom. The van der Waals surface area contributed by atoms with E-state index in [-0.39, 0.29) is 0 Å². The summed E-state index contributed by atoms with van der Waals surface area (Å²) in [6, 6.07) is 0. The van der Waals surface area contributed by atoms with Crippen LogP contribution in [0.4, 0.5) is 0 Å². The van der Waals surface area contributed by atoms with Crippen LogP contribution < -0.4 is 0 Å². The van der Waals surface area contributed by atoms with Crippen molar-refractivity contribution in [3.8, 4) is 0 Å². The third-order valence-corrected chi connectivity index (χ3v) is 2.15. The largest absolute Gasteiger partial charge is 0.364 e. The Kier molecular flexibility index (Phi) is 2.36. The predicted molar refractivity (Wildman–Crippen MR) is 53.5 cm³/mol. The van der Waals surface area contributed by atoms with Crippen molar-refractivity contribution in [3.63, 3.8) is 0 Å². The number of rotatable bonds is 2. The van der Waals surface area contributed by atoms with E-state index in [9.17, 15) is 0 Å². The highest BCUT2D eigenvalue weighted by Gasteiger charge is 2.06. The molecule has 0 unspecified atom stereocenters. The summed E-state index contributed by atoms with van der Waals surface area (Å²) in [7, 11) is 0. The van der Waals surface area contributed by atoms with Crippen LogP contribution in [0.2, 0.25) is 0 Å². The first-order valence-electron chi connectivity index (χ1n) is 4.04. The van der Waals surface area contributed by atoms with Gasteiger partial charge in [0.05, 0.1) is 0 Å². The second-order valence-electron chi connectivity index (χ2n) is 2.96. The van der Waals surface area contributed by atoms with E-state index in [1.807, 2.05) is 12.2 Å². The molecule has 1 radical (unpaired) electrons.